The van der Waals surface area contributed by atoms with E-state index in [2.05, 4.69) is 4.18 Å². The standard InChI is InChI=1S/C6H14O3S.Na/c1-3-5-9-10(7,8)6-4-2;/h3-6H2,1-2H3;. The second-order valence-corrected chi connectivity index (χ2v) is 3.84. The van der Waals surface area contributed by atoms with Crippen LogP contribution in [0.25, 0.3) is 0 Å². The topological polar surface area (TPSA) is 43.4 Å². The Bertz CT molecular complexity index is 165. The van der Waals surface area contributed by atoms with Gasteiger partial charge in [0.2, 0.25) is 0 Å². The van der Waals surface area contributed by atoms with Gasteiger partial charge in [0, 0.05) is 29.6 Å². The van der Waals surface area contributed by atoms with Gasteiger partial charge in [0.25, 0.3) is 10.1 Å². The van der Waals surface area contributed by atoms with E-state index >= 15 is 0 Å². The average molecular weight is 189 g/mol. The van der Waals surface area contributed by atoms with E-state index in [4.69, 9.17) is 0 Å². The fraction of sp³-hybridized carbons (Fsp3) is 1.00. The molecule has 0 rings (SSSR count). The molecule has 0 aliphatic carbocycles. The predicted molar refractivity (Wildman–Crippen MR) is 46.1 cm³/mol. The molecule has 0 aromatic carbocycles. The molecule has 0 atom stereocenters. The minimum atomic E-state index is -3.19. The third kappa shape index (κ3) is 8.82. The van der Waals surface area contributed by atoms with E-state index in [0.29, 0.717) is 13.0 Å². The summed E-state index contributed by atoms with van der Waals surface area (Å²) in [6, 6.07) is 0. The van der Waals surface area contributed by atoms with E-state index in [1.54, 1.807) is 0 Å². The summed E-state index contributed by atoms with van der Waals surface area (Å²) in [5.74, 6) is 0.132. The minimum Gasteiger partial charge on any atom is -0.270 e. The Hall–Kier alpha value is 0.910. The molecule has 0 spiro atoms. The molecule has 1 radical (unpaired) electrons. The van der Waals surface area contributed by atoms with Crippen LogP contribution in [0.2, 0.25) is 0 Å². The quantitative estimate of drug-likeness (QED) is 0.474. The summed E-state index contributed by atoms with van der Waals surface area (Å²) in [6.45, 7) is 4.00. The Morgan fingerprint density at radius 2 is 1.73 bits per heavy atom. The van der Waals surface area contributed by atoms with Gasteiger partial charge in [-0.1, -0.05) is 13.8 Å². The van der Waals surface area contributed by atoms with Crippen molar-refractivity contribution in [3.8, 4) is 0 Å². The Morgan fingerprint density at radius 3 is 2.09 bits per heavy atom. The second-order valence-electron chi connectivity index (χ2n) is 2.08. The van der Waals surface area contributed by atoms with Gasteiger partial charge in [-0.15, -0.1) is 0 Å². The molecule has 3 nitrogen and oxygen atoms in total. The van der Waals surface area contributed by atoms with Gasteiger partial charge in [0.15, 0.2) is 0 Å². The van der Waals surface area contributed by atoms with Crippen LogP contribution in [0.5, 0.6) is 0 Å². The van der Waals surface area contributed by atoms with Gasteiger partial charge in [0.1, 0.15) is 0 Å². The summed E-state index contributed by atoms with van der Waals surface area (Å²) >= 11 is 0. The Balaban J connectivity index is 0. The van der Waals surface area contributed by atoms with E-state index in [-0.39, 0.29) is 35.3 Å². The third-order valence-electron chi connectivity index (χ3n) is 0.921. The molecule has 5 heteroatoms. The zero-order valence-corrected chi connectivity index (χ0v) is 10.3. The molecule has 0 aliphatic heterocycles. The first kappa shape index (κ1) is 14.4. The smallest absolute Gasteiger partial charge is 0.267 e. The monoisotopic (exact) mass is 189 g/mol. The van der Waals surface area contributed by atoms with E-state index < -0.39 is 10.1 Å². The first-order valence-corrected chi connectivity index (χ1v) is 5.07. The summed E-state index contributed by atoms with van der Waals surface area (Å²) in [4.78, 5) is 0. The first-order chi connectivity index (χ1) is 4.62. The van der Waals surface area contributed by atoms with Crippen molar-refractivity contribution < 1.29 is 12.6 Å². The number of hydrogen-bond donors (Lipinski definition) is 0. The van der Waals surface area contributed by atoms with Crippen LogP contribution < -0.4 is 0 Å². The second kappa shape index (κ2) is 7.55. The molecular weight excluding hydrogens is 175 g/mol. The van der Waals surface area contributed by atoms with Crippen LogP contribution in [-0.4, -0.2) is 50.3 Å². The van der Waals surface area contributed by atoms with Crippen LogP contribution in [0, 0.1) is 0 Å². The van der Waals surface area contributed by atoms with Crippen molar-refractivity contribution in [1.82, 2.24) is 0 Å². The van der Waals surface area contributed by atoms with Crippen molar-refractivity contribution in [2.75, 3.05) is 12.4 Å². The SMILES string of the molecule is CCCOS(=O)(=O)CCC.[Na]. The van der Waals surface area contributed by atoms with Crippen LogP contribution in [-0.2, 0) is 14.3 Å². The normalized spacial score (nSPS) is 10.7. The largest absolute Gasteiger partial charge is 0.270 e. The van der Waals surface area contributed by atoms with Crippen LogP contribution in [0.15, 0.2) is 0 Å². The van der Waals surface area contributed by atoms with Crippen molar-refractivity contribution in [2.45, 2.75) is 26.7 Å². The Morgan fingerprint density at radius 1 is 1.18 bits per heavy atom. The summed E-state index contributed by atoms with van der Waals surface area (Å²) in [5.41, 5.74) is 0. The predicted octanol–water partition coefficient (Wildman–Crippen LogP) is 0.772. The van der Waals surface area contributed by atoms with Crippen LogP contribution in [0.4, 0.5) is 0 Å². The molecule has 0 aromatic heterocycles. The van der Waals surface area contributed by atoms with Gasteiger partial charge in [-0.3, -0.25) is 4.18 Å². The Labute approximate surface area is 90.9 Å². The molecule has 11 heavy (non-hydrogen) atoms. The van der Waals surface area contributed by atoms with Crippen molar-refractivity contribution in [3.05, 3.63) is 0 Å². The molecule has 0 fully saturated rings. The number of rotatable bonds is 5. The van der Waals surface area contributed by atoms with Crippen LogP contribution >= 0.6 is 0 Å². The van der Waals surface area contributed by atoms with Crippen molar-refractivity contribution in [1.29, 1.82) is 0 Å². The zero-order chi connectivity index (χ0) is 8.04. The number of hydrogen-bond acceptors (Lipinski definition) is 3. The molecule has 0 heterocycles. The zero-order valence-electron chi connectivity index (χ0n) is 7.46. The molecule has 0 aliphatic rings. The maximum atomic E-state index is 10.8. The minimum absolute atomic E-state index is 0. The molecule has 0 N–H and O–H groups in total. The van der Waals surface area contributed by atoms with Gasteiger partial charge in [-0.25, -0.2) is 0 Å². The van der Waals surface area contributed by atoms with Crippen LogP contribution in [0.3, 0.4) is 0 Å². The molecular formula is C6H14NaO3S. The molecule has 0 saturated carbocycles. The summed E-state index contributed by atoms with van der Waals surface area (Å²) in [5, 5.41) is 0. The van der Waals surface area contributed by atoms with Crippen molar-refractivity contribution >= 4 is 39.7 Å². The van der Waals surface area contributed by atoms with Crippen molar-refractivity contribution in [3.63, 3.8) is 0 Å². The van der Waals surface area contributed by atoms with Gasteiger partial charge in [-0.2, -0.15) is 8.42 Å². The fourth-order valence-corrected chi connectivity index (χ4v) is 1.56. The van der Waals surface area contributed by atoms with E-state index in [9.17, 15) is 8.42 Å². The van der Waals surface area contributed by atoms with Gasteiger partial charge in [-0.05, 0) is 12.8 Å². The molecule has 63 valence electrons. The van der Waals surface area contributed by atoms with Gasteiger partial charge < -0.3 is 0 Å². The summed E-state index contributed by atoms with van der Waals surface area (Å²) in [7, 11) is -3.19. The van der Waals surface area contributed by atoms with Crippen LogP contribution in [0.1, 0.15) is 26.7 Å². The third-order valence-corrected chi connectivity index (χ3v) is 2.36. The van der Waals surface area contributed by atoms with E-state index in [1.807, 2.05) is 13.8 Å². The van der Waals surface area contributed by atoms with Crippen molar-refractivity contribution in [2.24, 2.45) is 0 Å². The molecule has 0 saturated heterocycles. The summed E-state index contributed by atoms with van der Waals surface area (Å²) < 4.78 is 26.1. The summed E-state index contributed by atoms with van der Waals surface area (Å²) in [6.07, 6.45) is 1.36. The maximum Gasteiger partial charge on any atom is 0.267 e. The van der Waals surface area contributed by atoms with Gasteiger partial charge >= 0.3 is 0 Å². The fourth-order valence-electron chi connectivity index (χ4n) is 0.519. The van der Waals surface area contributed by atoms with Gasteiger partial charge in [0.05, 0.1) is 12.4 Å². The molecule has 0 amide bonds. The Kier molecular flexibility index (Phi) is 9.91. The molecule has 0 bridgehead atoms. The maximum absolute atomic E-state index is 10.8. The van der Waals surface area contributed by atoms with E-state index in [0.717, 1.165) is 6.42 Å². The molecule has 0 aromatic rings. The first-order valence-electron chi connectivity index (χ1n) is 3.49. The average Bonchev–Trinajstić information content (AvgIpc) is 1.84. The van der Waals surface area contributed by atoms with E-state index in [1.165, 1.54) is 0 Å². The molecule has 0 unspecified atom stereocenters.